The molecule has 4 heteroatoms. The minimum atomic E-state index is -0.410. The zero-order valence-corrected chi connectivity index (χ0v) is 9.43. The standard InChI is InChI=1S/C11H8BrNO2/c12-6-1-2-7-8(5-6)11(3-4-11)10(15)13-9(7)14/h1-2,5H,3-4H2,(H,13,14,15). The summed E-state index contributed by atoms with van der Waals surface area (Å²) in [5, 5.41) is 2.41. The van der Waals surface area contributed by atoms with Crippen molar-refractivity contribution in [1.29, 1.82) is 0 Å². The van der Waals surface area contributed by atoms with Gasteiger partial charge in [0, 0.05) is 10.0 Å². The van der Waals surface area contributed by atoms with Crippen molar-refractivity contribution >= 4 is 27.7 Å². The third-order valence-electron chi connectivity index (χ3n) is 3.15. The van der Waals surface area contributed by atoms with Crippen LogP contribution in [0.2, 0.25) is 0 Å². The number of amides is 2. The fourth-order valence-electron chi connectivity index (χ4n) is 2.14. The highest BCUT2D eigenvalue weighted by molar-refractivity contribution is 9.10. The lowest BCUT2D eigenvalue weighted by atomic mass is 9.87. The predicted molar refractivity (Wildman–Crippen MR) is 57.5 cm³/mol. The number of hydrogen-bond acceptors (Lipinski definition) is 2. The van der Waals surface area contributed by atoms with Crippen LogP contribution in [0.1, 0.15) is 28.8 Å². The molecule has 1 fully saturated rings. The van der Waals surface area contributed by atoms with Crippen LogP contribution < -0.4 is 5.32 Å². The normalized spacial score (nSPS) is 21.1. The number of halogens is 1. The molecule has 0 atom stereocenters. The van der Waals surface area contributed by atoms with E-state index in [0.29, 0.717) is 5.56 Å². The van der Waals surface area contributed by atoms with Crippen LogP contribution in [0, 0.1) is 0 Å². The molecule has 1 aromatic rings. The van der Waals surface area contributed by atoms with Crippen LogP contribution in [-0.4, -0.2) is 11.8 Å². The largest absolute Gasteiger partial charge is 0.292 e. The number of imide groups is 1. The van der Waals surface area contributed by atoms with E-state index in [1.54, 1.807) is 6.07 Å². The summed E-state index contributed by atoms with van der Waals surface area (Å²) >= 11 is 3.37. The molecule has 1 aliphatic heterocycles. The van der Waals surface area contributed by atoms with Gasteiger partial charge in [0.1, 0.15) is 0 Å². The first kappa shape index (κ1) is 9.09. The number of benzene rings is 1. The smallest absolute Gasteiger partial charge is 0.258 e. The first-order chi connectivity index (χ1) is 7.13. The molecule has 0 saturated heterocycles. The molecule has 1 saturated carbocycles. The second-order valence-electron chi connectivity index (χ2n) is 4.06. The molecule has 1 aliphatic carbocycles. The SMILES string of the molecule is O=C1NC(=O)C2(CC2)c2cc(Br)ccc21. The van der Waals surface area contributed by atoms with E-state index < -0.39 is 5.41 Å². The Balaban J connectivity index is 2.27. The summed E-state index contributed by atoms with van der Waals surface area (Å²) < 4.78 is 0.912. The summed E-state index contributed by atoms with van der Waals surface area (Å²) in [5.74, 6) is -0.418. The average Bonchev–Trinajstić information content (AvgIpc) is 2.96. The van der Waals surface area contributed by atoms with Crippen molar-refractivity contribution in [2.24, 2.45) is 0 Å². The Kier molecular flexibility index (Phi) is 1.63. The Hall–Kier alpha value is -1.16. The third kappa shape index (κ3) is 1.11. The van der Waals surface area contributed by atoms with Gasteiger partial charge in [-0.2, -0.15) is 0 Å². The van der Waals surface area contributed by atoms with Crippen LogP contribution in [0.25, 0.3) is 0 Å². The average molecular weight is 266 g/mol. The molecule has 0 unspecified atom stereocenters. The van der Waals surface area contributed by atoms with Gasteiger partial charge in [0.05, 0.1) is 5.41 Å². The lowest BCUT2D eigenvalue weighted by molar-refractivity contribution is -0.122. The quantitative estimate of drug-likeness (QED) is 0.727. The molecule has 0 aromatic heterocycles. The van der Waals surface area contributed by atoms with E-state index >= 15 is 0 Å². The highest BCUT2D eigenvalue weighted by Crippen LogP contribution is 2.51. The molecule has 3 nitrogen and oxygen atoms in total. The predicted octanol–water partition coefficient (Wildman–Crippen LogP) is 1.75. The van der Waals surface area contributed by atoms with Crippen LogP contribution in [0.4, 0.5) is 0 Å². The number of hydrogen-bond donors (Lipinski definition) is 1. The molecule has 1 aromatic carbocycles. The maximum absolute atomic E-state index is 11.7. The van der Waals surface area contributed by atoms with Gasteiger partial charge in [-0.05, 0) is 36.6 Å². The zero-order chi connectivity index (χ0) is 10.6. The molecular formula is C11H8BrNO2. The number of rotatable bonds is 0. The zero-order valence-electron chi connectivity index (χ0n) is 7.84. The van der Waals surface area contributed by atoms with E-state index in [1.807, 2.05) is 12.1 Å². The van der Waals surface area contributed by atoms with Crippen LogP contribution in [0.3, 0.4) is 0 Å². The Morgan fingerprint density at radius 1 is 1.27 bits per heavy atom. The van der Waals surface area contributed by atoms with E-state index in [-0.39, 0.29) is 11.8 Å². The van der Waals surface area contributed by atoms with Crippen molar-refractivity contribution in [3.05, 3.63) is 33.8 Å². The summed E-state index contributed by atoms with van der Waals surface area (Å²) in [6.45, 7) is 0. The second-order valence-corrected chi connectivity index (χ2v) is 4.97. The van der Waals surface area contributed by atoms with Gasteiger partial charge < -0.3 is 0 Å². The minimum Gasteiger partial charge on any atom is -0.292 e. The first-order valence-corrected chi connectivity index (χ1v) is 5.59. The van der Waals surface area contributed by atoms with Gasteiger partial charge in [0.15, 0.2) is 0 Å². The minimum absolute atomic E-state index is 0.141. The molecule has 2 aliphatic rings. The van der Waals surface area contributed by atoms with Gasteiger partial charge in [-0.3, -0.25) is 14.9 Å². The maximum Gasteiger partial charge on any atom is 0.258 e. The van der Waals surface area contributed by atoms with Gasteiger partial charge in [0.25, 0.3) is 5.91 Å². The molecule has 15 heavy (non-hydrogen) atoms. The number of fused-ring (bicyclic) bond motifs is 2. The number of nitrogens with one attached hydrogen (secondary N) is 1. The van der Waals surface area contributed by atoms with Crippen LogP contribution in [0.5, 0.6) is 0 Å². The van der Waals surface area contributed by atoms with Gasteiger partial charge in [0.2, 0.25) is 5.91 Å². The van der Waals surface area contributed by atoms with Crippen molar-refractivity contribution in [3.8, 4) is 0 Å². The van der Waals surface area contributed by atoms with Crippen molar-refractivity contribution in [2.45, 2.75) is 18.3 Å². The van der Waals surface area contributed by atoms with Gasteiger partial charge >= 0.3 is 0 Å². The molecule has 2 amide bonds. The maximum atomic E-state index is 11.7. The Bertz CT molecular complexity index is 491. The van der Waals surface area contributed by atoms with Crippen molar-refractivity contribution < 1.29 is 9.59 Å². The Labute approximate surface area is 95.0 Å². The van der Waals surface area contributed by atoms with Gasteiger partial charge in [-0.1, -0.05) is 15.9 Å². The molecule has 1 spiro atoms. The van der Waals surface area contributed by atoms with E-state index in [2.05, 4.69) is 21.2 Å². The summed E-state index contributed by atoms with van der Waals surface area (Å²) in [5.41, 5.74) is 1.11. The summed E-state index contributed by atoms with van der Waals surface area (Å²) in [4.78, 5) is 23.3. The van der Waals surface area contributed by atoms with Crippen LogP contribution in [-0.2, 0) is 10.2 Å². The second kappa shape index (κ2) is 2.70. The topological polar surface area (TPSA) is 46.2 Å². The fraction of sp³-hybridized carbons (Fsp3) is 0.273. The summed E-state index contributed by atoms with van der Waals surface area (Å²) in [6.07, 6.45) is 1.69. The first-order valence-electron chi connectivity index (χ1n) is 4.79. The molecule has 1 heterocycles. The monoisotopic (exact) mass is 265 g/mol. The fourth-order valence-corrected chi connectivity index (χ4v) is 2.51. The Morgan fingerprint density at radius 3 is 2.67 bits per heavy atom. The highest BCUT2D eigenvalue weighted by atomic mass is 79.9. The van der Waals surface area contributed by atoms with E-state index in [4.69, 9.17) is 0 Å². The summed E-state index contributed by atoms with van der Waals surface area (Å²) in [7, 11) is 0. The van der Waals surface area contributed by atoms with Crippen molar-refractivity contribution in [1.82, 2.24) is 5.32 Å². The molecule has 3 rings (SSSR count). The molecule has 0 bridgehead atoms. The van der Waals surface area contributed by atoms with Crippen LogP contribution in [0.15, 0.2) is 22.7 Å². The summed E-state index contributed by atoms with van der Waals surface area (Å²) in [6, 6.07) is 5.48. The van der Waals surface area contributed by atoms with Crippen molar-refractivity contribution in [3.63, 3.8) is 0 Å². The van der Waals surface area contributed by atoms with Crippen LogP contribution >= 0.6 is 15.9 Å². The van der Waals surface area contributed by atoms with E-state index in [1.165, 1.54) is 0 Å². The van der Waals surface area contributed by atoms with Crippen molar-refractivity contribution in [2.75, 3.05) is 0 Å². The third-order valence-corrected chi connectivity index (χ3v) is 3.65. The number of carbonyl (C=O) groups is 2. The van der Waals surface area contributed by atoms with Gasteiger partial charge in [-0.25, -0.2) is 0 Å². The molecule has 0 radical (unpaired) electrons. The molecule has 1 N–H and O–H groups in total. The van der Waals surface area contributed by atoms with E-state index in [9.17, 15) is 9.59 Å². The lowest BCUT2D eigenvalue weighted by Crippen LogP contribution is -2.44. The highest BCUT2D eigenvalue weighted by Gasteiger charge is 2.55. The van der Waals surface area contributed by atoms with E-state index in [0.717, 1.165) is 22.9 Å². The molecular weight excluding hydrogens is 258 g/mol. The lowest BCUT2D eigenvalue weighted by Gasteiger charge is -2.23. The van der Waals surface area contributed by atoms with Gasteiger partial charge in [-0.15, -0.1) is 0 Å². The molecule has 76 valence electrons. The number of carbonyl (C=O) groups excluding carboxylic acids is 2. The Morgan fingerprint density at radius 2 is 2.00 bits per heavy atom.